The number of fused-ring (bicyclic) bond motifs is 5. The van der Waals surface area contributed by atoms with E-state index in [0.717, 1.165) is 48.2 Å². The van der Waals surface area contributed by atoms with Crippen LogP contribution in [0.2, 0.25) is 0 Å². The smallest absolute Gasteiger partial charge is 0.307 e. The van der Waals surface area contributed by atoms with Crippen molar-refractivity contribution >= 4 is 5.97 Å². The molecule has 4 rings (SSSR count). The summed E-state index contributed by atoms with van der Waals surface area (Å²) in [6.07, 6.45) is 15.9. The van der Waals surface area contributed by atoms with Crippen LogP contribution in [0.3, 0.4) is 0 Å². The number of hydrogen-bond acceptors (Lipinski definition) is 2. The molecule has 4 aliphatic carbocycles. The highest BCUT2D eigenvalue weighted by Crippen LogP contribution is 2.68. The molecular formula is C29H48O2. The first-order valence-corrected chi connectivity index (χ1v) is 13.6. The summed E-state index contributed by atoms with van der Waals surface area (Å²) in [5.41, 5.74) is 2.28. The number of ether oxygens (including phenoxy) is 1. The van der Waals surface area contributed by atoms with Crippen LogP contribution in [0.1, 0.15) is 119 Å². The van der Waals surface area contributed by atoms with E-state index in [1.165, 1.54) is 69.8 Å². The van der Waals surface area contributed by atoms with Gasteiger partial charge >= 0.3 is 5.97 Å². The van der Waals surface area contributed by atoms with Crippen molar-refractivity contribution in [2.75, 3.05) is 0 Å². The molecule has 3 saturated carbocycles. The maximum Gasteiger partial charge on any atom is 0.307 e. The number of allylic oxidation sites excluding steroid dienone is 2. The summed E-state index contributed by atoms with van der Waals surface area (Å²) < 4.78 is 5.95. The van der Waals surface area contributed by atoms with Gasteiger partial charge in [0, 0.05) is 13.3 Å². The molecule has 2 nitrogen and oxygen atoms in total. The summed E-state index contributed by atoms with van der Waals surface area (Å²) >= 11 is 0. The summed E-state index contributed by atoms with van der Waals surface area (Å²) in [4.78, 5) is 12.0. The van der Waals surface area contributed by atoms with E-state index in [9.17, 15) is 4.79 Å². The minimum Gasteiger partial charge on any atom is -0.431 e. The molecule has 0 bridgehead atoms. The molecule has 0 aromatic rings. The number of hydrogen-bond donors (Lipinski definition) is 0. The third-order valence-electron chi connectivity index (χ3n) is 10.5. The Balaban J connectivity index is 1.57. The molecule has 0 radical (unpaired) electrons. The quantitative estimate of drug-likeness (QED) is 0.398. The molecular weight excluding hydrogens is 380 g/mol. The van der Waals surface area contributed by atoms with Gasteiger partial charge in [-0.25, -0.2) is 0 Å². The SMILES string of the molecule is CC(=O)OC1=C2CCCC[C@]2(C)[C@H]2CC[C@]3(C)[C@@H]([C@H](C)CCCC(C)C)CC[C@H]3[C@@H]2C1. The van der Waals surface area contributed by atoms with Crippen LogP contribution in [0.4, 0.5) is 0 Å². The highest BCUT2D eigenvalue weighted by Gasteiger charge is 2.60. The predicted octanol–water partition coefficient (Wildman–Crippen LogP) is 8.31. The van der Waals surface area contributed by atoms with Gasteiger partial charge < -0.3 is 4.74 Å². The fourth-order valence-electron chi connectivity index (χ4n) is 9.10. The molecule has 176 valence electrons. The van der Waals surface area contributed by atoms with Crippen LogP contribution >= 0.6 is 0 Å². The second-order valence-electron chi connectivity index (χ2n) is 12.7. The summed E-state index contributed by atoms with van der Waals surface area (Å²) in [6, 6.07) is 0. The molecule has 0 aliphatic heterocycles. The summed E-state index contributed by atoms with van der Waals surface area (Å²) in [5, 5.41) is 0. The first-order chi connectivity index (χ1) is 14.7. The van der Waals surface area contributed by atoms with Gasteiger partial charge in [0.25, 0.3) is 0 Å². The van der Waals surface area contributed by atoms with Crippen LogP contribution < -0.4 is 0 Å². The Bertz CT molecular complexity index is 706. The van der Waals surface area contributed by atoms with Gasteiger partial charge in [-0.15, -0.1) is 0 Å². The van der Waals surface area contributed by atoms with Crippen LogP contribution in [-0.4, -0.2) is 5.97 Å². The Labute approximate surface area is 192 Å². The minimum atomic E-state index is -0.115. The monoisotopic (exact) mass is 428 g/mol. The number of esters is 1. The average molecular weight is 429 g/mol. The molecule has 0 saturated heterocycles. The first-order valence-electron chi connectivity index (χ1n) is 13.6. The maximum absolute atomic E-state index is 12.0. The zero-order chi connectivity index (χ0) is 22.4. The standard InChI is InChI=1S/C29H48O2/c1-19(2)10-9-11-20(3)23-13-14-24-22-18-27(31-21(4)30)26-12-7-8-16-28(26,5)25(22)15-17-29(23,24)6/h19-20,22-25H,7-18H2,1-6H3/t20-,22+,23-,24+,25+,28-,29-/m1/s1. The van der Waals surface area contributed by atoms with Gasteiger partial charge in [0.05, 0.1) is 0 Å². The van der Waals surface area contributed by atoms with Crippen LogP contribution in [0.25, 0.3) is 0 Å². The summed E-state index contributed by atoms with van der Waals surface area (Å²) in [6.45, 7) is 14.0. The fourth-order valence-corrected chi connectivity index (χ4v) is 9.10. The van der Waals surface area contributed by atoms with Crippen LogP contribution in [0.5, 0.6) is 0 Å². The Kier molecular flexibility index (Phi) is 6.68. The Morgan fingerprint density at radius 1 is 1.03 bits per heavy atom. The fraction of sp³-hybridized carbons (Fsp3) is 0.897. The average Bonchev–Trinajstić information content (AvgIpc) is 3.04. The van der Waals surface area contributed by atoms with E-state index in [-0.39, 0.29) is 11.4 Å². The topological polar surface area (TPSA) is 26.3 Å². The van der Waals surface area contributed by atoms with Crippen molar-refractivity contribution in [3.8, 4) is 0 Å². The van der Waals surface area contributed by atoms with Crippen molar-refractivity contribution < 1.29 is 9.53 Å². The second kappa shape index (κ2) is 8.86. The molecule has 0 unspecified atom stereocenters. The zero-order valence-electron chi connectivity index (χ0n) is 21.3. The normalized spacial score (nSPS) is 40.9. The van der Waals surface area contributed by atoms with Gasteiger partial charge in [-0.3, -0.25) is 4.79 Å². The van der Waals surface area contributed by atoms with E-state index in [1.807, 2.05) is 0 Å². The van der Waals surface area contributed by atoms with Gasteiger partial charge in [0.15, 0.2) is 0 Å². The molecule has 31 heavy (non-hydrogen) atoms. The third-order valence-corrected chi connectivity index (χ3v) is 10.5. The van der Waals surface area contributed by atoms with Crippen molar-refractivity contribution in [2.45, 2.75) is 119 Å². The van der Waals surface area contributed by atoms with Crippen molar-refractivity contribution in [2.24, 2.45) is 46.3 Å². The van der Waals surface area contributed by atoms with Gasteiger partial charge in [0.2, 0.25) is 0 Å². The van der Waals surface area contributed by atoms with Gasteiger partial charge in [-0.05, 0) is 96.9 Å². The first kappa shape index (κ1) is 23.4. The van der Waals surface area contributed by atoms with Crippen molar-refractivity contribution in [1.82, 2.24) is 0 Å². The van der Waals surface area contributed by atoms with Gasteiger partial charge in [0.1, 0.15) is 5.76 Å². The van der Waals surface area contributed by atoms with E-state index in [1.54, 1.807) is 6.92 Å². The summed E-state index contributed by atoms with van der Waals surface area (Å²) in [5.74, 6) is 5.86. The number of carbonyl (C=O) groups is 1. The largest absolute Gasteiger partial charge is 0.431 e. The lowest BCUT2D eigenvalue weighted by molar-refractivity contribution is -0.139. The zero-order valence-corrected chi connectivity index (χ0v) is 21.3. The summed E-state index contributed by atoms with van der Waals surface area (Å²) in [7, 11) is 0. The molecule has 0 spiro atoms. The number of carbonyl (C=O) groups excluding carboxylic acids is 1. The molecule has 0 aromatic carbocycles. The van der Waals surface area contributed by atoms with Crippen LogP contribution in [0.15, 0.2) is 11.3 Å². The Morgan fingerprint density at radius 3 is 2.52 bits per heavy atom. The van der Waals surface area contributed by atoms with Gasteiger partial charge in [-0.2, -0.15) is 0 Å². The molecule has 3 fully saturated rings. The lowest BCUT2D eigenvalue weighted by Gasteiger charge is -2.58. The Morgan fingerprint density at radius 2 is 1.81 bits per heavy atom. The van der Waals surface area contributed by atoms with Gasteiger partial charge in [-0.1, -0.05) is 60.3 Å². The van der Waals surface area contributed by atoms with Crippen molar-refractivity contribution in [3.05, 3.63) is 11.3 Å². The van der Waals surface area contributed by atoms with E-state index < -0.39 is 0 Å². The van der Waals surface area contributed by atoms with E-state index in [2.05, 4.69) is 34.6 Å². The highest BCUT2D eigenvalue weighted by atomic mass is 16.5. The highest BCUT2D eigenvalue weighted by molar-refractivity contribution is 5.67. The molecule has 0 N–H and O–H groups in total. The van der Waals surface area contributed by atoms with E-state index >= 15 is 0 Å². The predicted molar refractivity (Wildman–Crippen MR) is 128 cm³/mol. The molecule has 0 aromatic heterocycles. The van der Waals surface area contributed by atoms with E-state index in [0.29, 0.717) is 11.3 Å². The molecule has 4 aliphatic rings. The Hall–Kier alpha value is -0.790. The third kappa shape index (κ3) is 4.15. The number of rotatable bonds is 6. The molecule has 2 heteroatoms. The van der Waals surface area contributed by atoms with Crippen LogP contribution in [-0.2, 0) is 9.53 Å². The molecule has 0 heterocycles. The lowest BCUT2D eigenvalue weighted by Crippen LogP contribution is -2.51. The maximum atomic E-state index is 12.0. The van der Waals surface area contributed by atoms with Crippen LogP contribution in [0, 0.1) is 46.3 Å². The lowest BCUT2D eigenvalue weighted by atomic mass is 9.46. The van der Waals surface area contributed by atoms with E-state index in [4.69, 9.17) is 4.74 Å². The minimum absolute atomic E-state index is 0.115. The van der Waals surface area contributed by atoms with Crippen molar-refractivity contribution in [3.63, 3.8) is 0 Å². The van der Waals surface area contributed by atoms with Crippen molar-refractivity contribution in [1.29, 1.82) is 0 Å². The molecule has 0 amide bonds. The second-order valence-corrected chi connectivity index (χ2v) is 12.7. The molecule has 7 atom stereocenters.